The number of likely N-dealkylation sites (N-methyl/N-ethyl adjacent to an activating group) is 1. The smallest absolute Gasteiger partial charge is 0.0833 e. The zero-order chi connectivity index (χ0) is 15.3. The minimum atomic E-state index is 0.100. The van der Waals surface area contributed by atoms with Gasteiger partial charge in [-0.15, -0.1) is 0 Å². The monoisotopic (exact) mass is 295 g/mol. The lowest BCUT2D eigenvalue weighted by Gasteiger charge is -2.49. The van der Waals surface area contributed by atoms with Crippen LogP contribution in [0.4, 0.5) is 0 Å². The molecule has 2 nitrogen and oxygen atoms in total. The molecule has 2 saturated carbocycles. The van der Waals surface area contributed by atoms with Crippen molar-refractivity contribution in [3.8, 4) is 0 Å². The normalized spacial score (nSPS) is 39.1. The van der Waals surface area contributed by atoms with Gasteiger partial charge < -0.3 is 10.1 Å². The molecule has 2 aliphatic carbocycles. The van der Waals surface area contributed by atoms with Crippen molar-refractivity contribution < 1.29 is 4.74 Å². The largest absolute Gasteiger partial charge is 0.377 e. The van der Waals surface area contributed by atoms with E-state index in [9.17, 15) is 0 Å². The first kappa shape index (κ1) is 17.3. The van der Waals surface area contributed by atoms with Crippen LogP contribution in [0.1, 0.15) is 78.6 Å². The van der Waals surface area contributed by atoms with Crippen LogP contribution < -0.4 is 5.32 Å². The van der Waals surface area contributed by atoms with Crippen molar-refractivity contribution in [2.75, 3.05) is 13.7 Å². The van der Waals surface area contributed by atoms with E-state index < -0.39 is 0 Å². The van der Waals surface area contributed by atoms with Crippen LogP contribution in [0.2, 0.25) is 0 Å². The summed E-state index contributed by atoms with van der Waals surface area (Å²) in [6, 6.07) is 0.564. The van der Waals surface area contributed by atoms with Crippen LogP contribution in [-0.4, -0.2) is 25.3 Å². The summed E-state index contributed by atoms with van der Waals surface area (Å²) in [6.45, 7) is 8.08. The van der Waals surface area contributed by atoms with Gasteiger partial charge in [0.1, 0.15) is 0 Å². The van der Waals surface area contributed by atoms with Crippen molar-refractivity contribution >= 4 is 0 Å². The molecule has 3 atom stereocenters. The van der Waals surface area contributed by atoms with Crippen LogP contribution in [0.15, 0.2) is 0 Å². The maximum absolute atomic E-state index is 6.20. The first-order valence-corrected chi connectivity index (χ1v) is 9.43. The van der Waals surface area contributed by atoms with Crippen molar-refractivity contribution in [2.45, 2.75) is 90.2 Å². The van der Waals surface area contributed by atoms with Crippen LogP contribution in [0.3, 0.4) is 0 Å². The van der Waals surface area contributed by atoms with Crippen molar-refractivity contribution in [3.63, 3.8) is 0 Å². The summed E-state index contributed by atoms with van der Waals surface area (Å²) in [4.78, 5) is 0. The van der Waals surface area contributed by atoms with Gasteiger partial charge in [0.15, 0.2) is 0 Å². The molecule has 124 valence electrons. The van der Waals surface area contributed by atoms with Crippen molar-refractivity contribution in [3.05, 3.63) is 0 Å². The number of methoxy groups -OCH3 is 1. The van der Waals surface area contributed by atoms with Crippen LogP contribution in [0.25, 0.3) is 0 Å². The van der Waals surface area contributed by atoms with E-state index in [1.54, 1.807) is 0 Å². The van der Waals surface area contributed by atoms with Gasteiger partial charge in [-0.3, -0.25) is 0 Å². The van der Waals surface area contributed by atoms with Crippen LogP contribution >= 0.6 is 0 Å². The molecule has 2 aliphatic rings. The molecule has 3 unspecified atom stereocenters. The molecule has 2 rings (SSSR count). The lowest BCUT2D eigenvalue weighted by Crippen LogP contribution is -2.58. The maximum Gasteiger partial charge on any atom is 0.0833 e. The van der Waals surface area contributed by atoms with Gasteiger partial charge in [-0.25, -0.2) is 0 Å². The highest BCUT2D eigenvalue weighted by molar-refractivity contribution is 5.00. The summed E-state index contributed by atoms with van der Waals surface area (Å²) in [5.74, 6) is 2.64. The molecule has 0 spiro atoms. The van der Waals surface area contributed by atoms with Gasteiger partial charge in [0, 0.05) is 13.2 Å². The van der Waals surface area contributed by atoms with E-state index in [0.717, 1.165) is 24.3 Å². The molecule has 2 fully saturated rings. The fraction of sp³-hybridized carbons (Fsp3) is 1.00. The molecule has 0 aromatic rings. The Balaban J connectivity index is 2.12. The molecule has 0 radical (unpaired) electrons. The summed E-state index contributed by atoms with van der Waals surface area (Å²) in [5.41, 5.74) is 0.100. The van der Waals surface area contributed by atoms with E-state index in [-0.39, 0.29) is 5.60 Å². The Morgan fingerprint density at radius 2 is 1.86 bits per heavy atom. The van der Waals surface area contributed by atoms with Crippen LogP contribution in [0.5, 0.6) is 0 Å². The second kappa shape index (κ2) is 7.97. The Morgan fingerprint density at radius 1 is 1.14 bits per heavy atom. The first-order valence-electron chi connectivity index (χ1n) is 9.43. The topological polar surface area (TPSA) is 21.3 Å². The minimum Gasteiger partial charge on any atom is -0.377 e. The van der Waals surface area contributed by atoms with Crippen molar-refractivity contribution in [1.82, 2.24) is 5.32 Å². The van der Waals surface area contributed by atoms with Gasteiger partial charge in [0.2, 0.25) is 0 Å². The fourth-order valence-electron chi connectivity index (χ4n) is 4.90. The Morgan fingerprint density at radius 3 is 2.43 bits per heavy atom. The molecular formula is C19H37NO. The molecule has 0 heterocycles. The second-order valence-electron chi connectivity index (χ2n) is 7.69. The Kier molecular flexibility index (Phi) is 6.55. The van der Waals surface area contributed by atoms with Gasteiger partial charge >= 0.3 is 0 Å². The second-order valence-corrected chi connectivity index (χ2v) is 7.69. The number of rotatable bonds is 6. The van der Waals surface area contributed by atoms with E-state index in [1.165, 1.54) is 57.8 Å². The maximum atomic E-state index is 6.20. The predicted octanol–water partition coefficient (Wildman–Crippen LogP) is 4.78. The summed E-state index contributed by atoms with van der Waals surface area (Å²) in [6.07, 6.45) is 12.2. The SMILES string of the molecule is CCNC(C1CCCC(CC)C1)C1(OC)CCC(C)CC1. The Bertz CT molecular complexity index is 296. The van der Waals surface area contributed by atoms with Gasteiger partial charge in [-0.2, -0.15) is 0 Å². The van der Waals surface area contributed by atoms with E-state index in [1.807, 2.05) is 7.11 Å². The zero-order valence-corrected chi connectivity index (χ0v) is 14.8. The zero-order valence-electron chi connectivity index (χ0n) is 14.8. The molecule has 0 aromatic carbocycles. The lowest BCUT2D eigenvalue weighted by atomic mass is 9.67. The molecular weight excluding hydrogens is 258 g/mol. The molecule has 0 aliphatic heterocycles. The average Bonchev–Trinajstić information content (AvgIpc) is 2.54. The lowest BCUT2D eigenvalue weighted by molar-refractivity contribution is -0.0933. The van der Waals surface area contributed by atoms with E-state index >= 15 is 0 Å². The molecule has 1 N–H and O–H groups in total. The summed E-state index contributed by atoms with van der Waals surface area (Å²) in [7, 11) is 1.96. The van der Waals surface area contributed by atoms with E-state index in [0.29, 0.717) is 6.04 Å². The van der Waals surface area contributed by atoms with Crippen molar-refractivity contribution in [2.24, 2.45) is 17.8 Å². The highest BCUT2D eigenvalue weighted by Crippen LogP contribution is 2.43. The highest BCUT2D eigenvalue weighted by Gasteiger charge is 2.45. The van der Waals surface area contributed by atoms with Gasteiger partial charge in [0.25, 0.3) is 0 Å². The number of hydrogen-bond donors (Lipinski definition) is 1. The van der Waals surface area contributed by atoms with E-state index in [2.05, 4.69) is 26.1 Å². The van der Waals surface area contributed by atoms with Crippen LogP contribution in [-0.2, 0) is 4.74 Å². The van der Waals surface area contributed by atoms with Crippen molar-refractivity contribution in [1.29, 1.82) is 0 Å². The van der Waals surface area contributed by atoms with Gasteiger partial charge in [-0.05, 0) is 62.8 Å². The van der Waals surface area contributed by atoms with Gasteiger partial charge in [0.05, 0.1) is 5.60 Å². The first-order chi connectivity index (χ1) is 10.1. The molecule has 0 aromatic heterocycles. The molecule has 0 amide bonds. The summed E-state index contributed by atoms with van der Waals surface area (Å²) in [5, 5.41) is 3.85. The minimum absolute atomic E-state index is 0.100. The summed E-state index contributed by atoms with van der Waals surface area (Å²) >= 11 is 0. The van der Waals surface area contributed by atoms with Crippen LogP contribution in [0, 0.1) is 17.8 Å². The standard InChI is InChI=1S/C19H37NO/c1-5-16-8-7-9-17(14-16)18(20-6-2)19(21-4)12-10-15(3)11-13-19/h15-18,20H,5-14H2,1-4H3. The predicted molar refractivity (Wildman–Crippen MR) is 90.6 cm³/mol. The molecule has 0 bridgehead atoms. The number of hydrogen-bond acceptors (Lipinski definition) is 2. The quantitative estimate of drug-likeness (QED) is 0.761. The molecule has 2 heteroatoms. The summed E-state index contributed by atoms with van der Waals surface area (Å²) < 4.78 is 6.20. The molecule has 0 saturated heterocycles. The third-order valence-corrected chi connectivity index (χ3v) is 6.39. The third-order valence-electron chi connectivity index (χ3n) is 6.39. The fourth-order valence-corrected chi connectivity index (χ4v) is 4.90. The third kappa shape index (κ3) is 4.01. The Labute approximate surface area is 132 Å². The Hall–Kier alpha value is -0.0800. The highest BCUT2D eigenvalue weighted by atomic mass is 16.5. The van der Waals surface area contributed by atoms with Gasteiger partial charge in [-0.1, -0.05) is 40.0 Å². The average molecular weight is 296 g/mol. The number of nitrogens with one attached hydrogen (secondary N) is 1. The number of ether oxygens (including phenoxy) is 1. The van der Waals surface area contributed by atoms with E-state index in [4.69, 9.17) is 4.74 Å². The molecule has 21 heavy (non-hydrogen) atoms.